The van der Waals surface area contributed by atoms with Gasteiger partial charge in [-0.3, -0.25) is 0 Å². The van der Waals surface area contributed by atoms with Crippen LogP contribution in [0.4, 0.5) is 4.39 Å². The van der Waals surface area contributed by atoms with Crippen LogP contribution < -0.4 is 5.73 Å². The van der Waals surface area contributed by atoms with Crippen molar-refractivity contribution in [3.8, 4) is 0 Å². The summed E-state index contributed by atoms with van der Waals surface area (Å²) in [6.07, 6.45) is 5.17. The lowest BCUT2D eigenvalue weighted by atomic mass is 9.85. The highest BCUT2D eigenvalue weighted by Crippen LogP contribution is 2.21. The Bertz CT molecular complexity index is 307. The fraction of sp³-hybridized carbons (Fsp3) is 0.571. The van der Waals surface area contributed by atoms with Crippen LogP contribution >= 0.6 is 0 Å². The van der Waals surface area contributed by atoms with Crippen LogP contribution in [0.15, 0.2) is 24.3 Å². The van der Waals surface area contributed by atoms with Gasteiger partial charge < -0.3 is 5.73 Å². The molecule has 0 aliphatic rings. The Hall–Kier alpha value is -0.890. The molecule has 0 saturated carbocycles. The maximum atomic E-state index is 12.8. The first-order valence-corrected chi connectivity index (χ1v) is 6.13. The maximum Gasteiger partial charge on any atom is 0.123 e. The Labute approximate surface area is 97.9 Å². The molecule has 0 amide bonds. The summed E-state index contributed by atoms with van der Waals surface area (Å²) in [4.78, 5) is 0. The van der Waals surface area contributed by atoms with Crippen molar-refractivity contribution in [1.82, 2.24) is 0 Å². The molecule has 0 spiro atoms. The van der Waals surface area contributed by atoms with Crippen molar-refractivity contribution in [1.29, 1.82) is 0 Å². The quantitative estimate of drug-likeness (QED) is 0.782. The first-order valence-electron chi connectivity index (χ1n) is 6.13. The maximum absolute atomic E-state index is 12.8. The number of unbranched alkanes of at least 4 members (excludes halogenated alkanes) is 1. The lowest BCUT2D eigenvalue weighted by molar-refractivity contribution is 0.365. The van der Waals surface area contributed by atoms with Crippen LogP contribution in [0.25, 0.3) is 0 Å². The average Bonchev–Trinajstić information content (AvgIpc) is 2.30. The molecule has 0 heterocycles. The molecule has 1 rings (SSSR count). The molecule has 1 unspecified atom stereocenters. The summed E-state index contributed by atoms with van der Waals surface area (Å²) in [6.45, 7) is 4.30. The Kier molecular flexibility index (Phi) is 4.94. The van der Waals surface area contributed by atoms with E-state index in [0.717, 1.165) is 31.2 Å². The van der Waals surface area contributed by atoms with Crippen LogP contribution in [0.5, 0.6) is 0 Å². The number of rotatable bonds is 6. The predicted octanol–water partition coefficient (Wildman–Crippen LogP) is 3.67. The van der Waals surface area contributed by atoms with E-state index in [1.165, 1.54) is 18.6 Å². The Morgan fingerprint density at radius 1 is 1.19 bits per heavy atom. The van der Waals surface area contributed by atoms with Crippen LogP contribution in [-0.2, 0) is 6.42 Å². The van der Waals surface area contributed by atoms with E-state index in [9.17, 15) is 4.39 Å². The van der Waals surface area contributed by atoms with Crippen LogP contribution in [0, 0.1) is 5.82 Å². The van der Waals surface area contributed by atoms with E-state index in [0.29, 0.717) is 0 Å². The second kappa shape index (κ2) is 6.00. The third-order valence-corrected chi connectivity index (χ3v) is 3.20. The number of benzene rings is 1. The minimum absolute atomic E-state index is 0.131. The van der Waals surface area contributed by atoms with Gasteiger partial charge in [-0.1, -0.05) is 38.8 Å². The highest BCUT2D eigenvalue weighted by molar-refractivity contribution is 5.18. The van der Waals surface area contributed by atoms with E-state index in [4.69, 9.17) is 5.73 Å². The van der Waals surface area contributed by atoms with Crippen LogP contribution in [0.3, 0.4) is 0 Å². The number of nitrogens with two attached hydrogens (primary N) is 1. The second-order valence-electron chi connectivity index (χ2n) is 4.62. The van der Waals surface area contributed by atoms with Gasteiger partial charge >= 0.3 is 0 Å². The standard InChI is InChI=1S/C14H22FN/c1-3-5-10-14(16,4-2)11-12-6-8-13(15)9-7-12/h6-9H,3-5,10-11,16H2,1-2H3. The second-order valence-corrected chi connectivity index (χ2v) is 4.62. The molecule has 0 radical (unpaired) electrons. The number of hydrogen-bond acceptors (Lipinski definition) is 1. The zero-order valence-corrected chi connectivity index (χ0v) is 10.3. The van der Waals surface area contributed by atoms with Crippen molar-refractivity contribution < 1.29 is 4.39 Å². The summed E-state index contributed by atoms with van der Waals surface area (Å²) in [6, 6.07) is 6.67. The Morgan fingerprint density at radius 3 is 2.31 bits per heavy atom. The molecule has 90 valence electrons. The summed E-state index contributed by atoms with van der Waals surface area (Å²) in [7, 11) is 0. The van der Waals surface area contributed by atoms with Gasteiger partial charge in [0.2, 0.25) is 0 Å². The lowest BCUT2D eigenvalue weighted by Crippen LogP contribution is -2.41. The minimum Gasteiger partial charge on any atom is -0.325 e. The van der Waals surface area contributed by atoms with Gasteiger partial charge in [0.25, 0.3) is 0 Å². The average molecular weight is 223 g/mol. The molecular weight excluding hydrogens is 201 g/mol. The lowest BCUT2D eigenvalue weighted by Gasteiger charge is -2.28. The monoisotopic (exact) mass is 223 g/mol. The first-order chi connectivity index (χ1) is 7.59. The van der Waals surface area contributed by atoms with Gasteiger partial charge in [0.05, 0.1) is 0 Å². The van der Waals surface area contributed by atoms with E-state index in [1.54, 1.807) is 0 Å². The summed E-state index contributed by atoms with van der Waals surface area (Å²) in [5.41, 5.74) is 7.36. The molecule has 1 aromatic rings. The third-order valence-electron chi connectivity index (χ3n) is 3.20. The zero-order chi connectivity index (χ0) is 12.0. The summed E-state index contributed by atoms with van der Waals surface area (Å²) in [5.74, 6) is -0.184. The van der Waals surface area contributed by atoms with E-state index < -0.39 is 0 Å². The van der Waals surface area contributed by atoms with Gasteiger partial charge in [-0.05, 0) is 37.0 Å². The molecule has 0 fully saturated rings. The minimum atomic E-state index is -0.184. The van der Waals surface area contributed by atoms with Gasteiger partial charge in [0.15, 0.2) is 0 Å². The van der Waals surface area contributed by atoms with Gasteiger partial charge in [-0.25, -0.2) is 4.39 Å². The molecule has 16 heavy (non-hydrogen) atoms. The molecule has 0 aliphatic carbocycles. The largest absolute Gasteiger partial charge is 0.325 e. The first kappa shape index (κ1) is 13.2. The van der Waals surface area contributed by atoms with Crippen LogP contribution in [-0.4, -0.2) is 5.54 Å². The Balaban J connectivity index is 2.64. The smallest absolute Gasteiger partial charge is 0.123 e. The molecule has 1 atom stereocenters. The van der Waals surface area contributed by atoms with Crippen LogP contribution in [0.2, 0.25) is 0 Å². The predicted molar refractivity (Wildman–Crippen MR) is 66.8 cm³/mol. The van der Waals surface area contributed by atoms with Crippen molar-refractivity contribution in [2.24, 2.45) is 5.73 Å². The molecule has 0 saturated heterocycles. The van der Waals surface area contributed by atoms with Crippen molar-refractivity contribution >= 4 is 0 Å². The van der Waals surface area contributed by atoms with E-state index in [2.05, 4.69) is 13.8 Å². The molecule has 1 aromatic carbocycles. The summed E-state index contributed by atoms with van der Waals surface area (Å²) in [5, 5.41) is 0. The van der Waals surface area contributed by atoms with Gasteiger partial charge in [0, 0.05) is 5.54 Å². The molecule has 0 bridgehead atoms. The molecule has 1 nitrogen and oxygen atoms in total. The molecular formula is C14H22FN. The molecule has 0 aromatic heterocycles. The Morgan fingerprint density at radius 2 is 1.81 bits per heavy atom. The van der Waals surface area contributed by atoms with Crippen LogP contribution in [0.1, 0.15) is 45.1 Å². The van der Waals surface area contributed by atoms with Crippen molar-refractivity contribution in [2.75, 3.05) is 0 Å². The van der Waals surface area contributed by atoms with Crippen molar-refractivity contribution in [3.05, 3.63) is 35.6 Å². The highest BCUT2D eigenvalue weighted by Gasteiger charge is 2.22. The van der Waals surface area contributed by atoms with E-state index in [-0.39, 0.29) is 11.4 Å². The van der Waals surface area contributed by atoms with Gasteiger partial charge in [0.1, 0.15) is 5.82 Å². The summed E-state index contributed by atoms with van der Waals surface area (Å²) >= 11 is 0. The third kappa shape index (κ3) is 3.93. The fourth-order valence-corrected chi connectivity index (χ4v) is 1.93. The van der Waals surface area contributed by atoms with Crippen molar-refractivity contribution in [3.63, 3.8) is 0 Å². The molecule has 0 aliphatic heterocycles. The van der Waals surface area contributed by atoms with E-state index in [1.807, 2.05) is 12.1 Å². The van der Waals surface area contributed by atoms with Crippen molar-refractivity contribution in [2.45, 2.75) is 51.5 Å². The number of hydrogen-bond donors (Lipinski definition) is 1. The van der Waals surface area contributed by atoms with Gasteiger partial charge in [-0.2, -0.15) is 0 Å². The van der Waals surface area contributed by atoms with Gasteiger partial charge in [-0.15, -0.1) is 0 Å². The highest BCUT2D eigenvalue weighted by atomic mass is 19.1. The SMILES string of the molecule is CCCCC(N)(CC)Cc1ccc(F)cc1. The zero-order valence-electron chi connectivity index (χ0n) is 10.3. The molecule has 2 heteroatoms. The molecule has 2 N–H and O–H groups in total. The summed E-state index contributed by atoms with van der Waals surface area (Å²) < 4.78 is 12.8. The number of halogens is 1. The van der Waals surface area contributed by atoms with E-state index >= 15 is 0 Å². The topological polar surface area (TPSA) is 26.0 Å². The normalized spacial score (nSPS) is 14.8. The fourth-order valence-electron chi connectivity index (χ4n) is 1.93.